The molecule has 8 nitrogen and oxygen atoms in total. The quantitative estimate of drug-likeness (QED) is 0.534. The van der Waals surface area contributed by atoms with Crippen LogP contribution in [0.1, 0.15) is 52.1 Å². The van der Waals surface area contributed by atoms with E-state index in [1.54, 1.807) is 17.0 Å². The normalized spacial score (nSPS) is 12.3. The first-order chi connectivity index (χ1) is 15.6. The molecule has 0 saturated carbocycles. The van der Waals surface area contributed by atoms with Crippen LogP contribution in [0.5, 0.6) is 5.75 Å². The molecular formula is C25H34N2O6. The van der Waals surface area contributed by atoms with Crippen molar-refractivity contribution in [3.8, 4) is 5.75 Å². The molecule has 0 radical (unpaired) electrons. The molecule has 0 heterocycles. The van der Waals surface area contributed by atoms with Crippen LogP contribution in [0, 0.1) is 0 Å². The van der Waals surface area contributed by atoms with Gasteiger partial charge in [-0.1, -0.05) is 31.5 Å². The highest BCUT2D eigenvalue weighted by molar-refractivity contribution is 5.92. The lowest BCUT2D eigenvalue weighted by atomic mass is 9.98. The van der Waals surface area contributed by atoms with E-state index in [4.69, 9.17) is 14.6 Å². The van der Waals surface area contributed by atoms with E-state index < -0.39 is 24.2 Å². The molecule has 33 heavy (non-hydrogen) atoms. The van der Waals surface area contributed by atoms with Gasteiger partial charge >= 0.3 is 5.97 Å². The molecule has 0 aliphatic rings. The summed E-state index contributed by atoms with van der Waals surface area (Å²) in [4.78, 5) is 38.7. The van der Waals surface area contributed by atoms with Gasteiger partial charge < -0.3 is 24.8 Å². The van der Waals surface area contributed by atoms with Gasteiger partial charge in [-0.25, -0.2) is 4.79 Å². The van der Waals surface area contributed by atoms with E-state index in [-0.39, 0.29) is 18.4 Å². The lowest BCUT2D eigenvalue weighted by Gasteiger charge is -2.33. The van der Waals surface area contributed by atoms with Crippen molar-refractivity contribution in [1.29, 1.82) is 0 Å². The molecule has 0 bridgehead atoms. The highest BCUT2D eigenvalue weighted by atomic mass is 16.5. The molecule has 0 aromatic heterocycles. The van der Waals surface area contributed by atoms with Gasteiger partial charge in [0.05, 0.1) is 0 Å². The van der Waals surface area contributed by atoms with Crippen molar-refractivity contribution in [2.45, 2.75) is 52.1 Å². The highest BCUT2D eigenvalue weighted by Gasteiger charge is 2.33. The first-order valence-corrected chi connectivity index (χ1v) is 11.0. The molecule has 8 heteroatoms. The number of nitrogens with zero attached hydrogens (tertiary/aromatic N) is 1. The minimum absolute atomic E-state index is 0.110. The van der Waals surface area contributed by atoms with Gasteiger partial charge in [0.1, 0.15) is 18.4 Å². The molecule has 2 aromatic rings. The second-order valence-electron chi connectivity index (χ2n) is 8.97. The summed E-state index contributed by atoms with van der Waals surface area (Å²) < 4.78 is 10.3. The number of hydrogen-bond acceptors (Lipinski definition) is 5. The number of unbranched alkanes of at least 4 members (excludes halogenated alkanes) is 1. The molecule has 0 saturated heterocycles. The van der Waals surface area contributed by atoms with Gasteiger partial charge in [-0.2, -0.15) is 0 Å². The summed E-state index contributed by atoms with van der Waals surface area (Å²) in [6.45, 7) is 7.62. The Kier molecular flexibility index (Phi) is 9.22. The van der Waals surface area contributed by atoms with E-state index in [9.17, 15) is 14.4 Å². The zero-order valence-corrected chi connectivity index (χ0v) is 20.0. The van der Waals surface area contributed by atoms with Gasteiger partial charge in [0.15, 0.2) is 6.61 Å². The molecule has 1 unspecified atom stereocenters. The molecule has 2 aromatic carbocycles. The second-order valence-corrected chi connectivity index (χ2v) is 8.97. The first kappa shape index (κ1) is 26.1. The fourth-order valence-electron chi connectivity index (χ4n) is 3.49. The maximum absolute atomic E-state index is 13.4. The van der Waals surface area contributed by atoms with Crippen LogP contribution in [0.15, 0.2) is 36.4 Å². The van der Waals surface area contributed by atoms with Crippen molar-refractivity contribution in [2.24, 2.45) is 0 Å². The summed E-state index contributed by atoms with van der Waals surface area (Å²) in [5, 5.41) is 13.5. The number of rotatable bonds is 11. The SMILES string of the molecule is CCCCN(C(=O)COC)C(C(=O)NC(C)(C)C)c1ccc2cc(OCC(=O)O)ccc2c1. The zero-order chi connectivity index (χ0) is 24.6. The number of fused-ring (bicyclic) bond motifs is 1. The summed E-state index contributed by atoms with van der Waals surface area (Å²) in [7, 11) is 1.46. The van der Waals surface area contributed by atoms with Gasteiger partial charge in [-0.3, -0.25) is 9.59 Å². The van der Waals surface area contributed by atoms with Crippen LogP contribution in [0.2, 0.25) is 0 Å². The van der Waals surface area contributed by atoms with Crippen molar-refractivity contribution in [2.75, 3.05) is 26.9 Å². The molecule has 0 fully saturated rings. The smallest absolute Gasteiger partial charge is 0.341 e. The average Bonchev–Trinajstić information content (AvgIpc) is 2.73. The Labute approximate surface area is 194 Å². The number of benzene rings is 2. The monoisotopic (exact) mass is 458 g/mol. The summed E-state index contributed by atoms with van der Waals surface area (Å²) in [5.74, 6) is -1.12. The Morgan fingerprint density at radius 2 is 1.73 bits per heavy atom. The van der Waals surface area contributed by atoms with E-state index in [0.717, 1.165) is 23.6 Å². The van der Waals surface area contributed by atoms with E-state index in [2.05, 4.69) is 5.32 Å². The third kappa shape index (κ3) is 7.75. The Morgan fingerprint density at radius 3 is 2.33 bits per heavy atom. The molecule has 2 N–H and O–H groups in total. The number of ether oxygens (including phenoxy) is 2. The largest absolute Gasteiger partial charge is 0.482 e. The summed E-state index contributed by atoms with van der Waals surface area (Å²) >= 11 is 0. The number of carboxylic acid groups (broad SMARTS) is 1. The Morgan fingerprint density at radius 1 is 1.06 bits per heavy atom. The summed E-state index contributed by atoms with van der Waals surface area (Å²) in [5.41, 5.74) is 0.215. The highest BCUT2D eigenvalue weighted by Crippen LogP contribution is 2.29. The topological polar surface area (TPSA) is 105 Å². The van der Waals surface area contributed by atoms with Gasteiger partial charge in [0.25, 0.3) is 0 Å². The maximum atomic E-state index is 13.4. The predicted octanol–water partition coefficient (Wildman–Crippen LogP) is 3.53. The van der Waals surface area contributed by atoms with Crippen molar-refractivity contribution in [3.63, 3.8) is 0 Å². The number of aliphatic carboxylic acids is 1. The van der Waals surface area contributed by atoms with Crippen LogP contribution in [0.4, 0.5) is 0 Å². The standard InChI is InChI=1S/C25H34N2O6/c1-6-7-12-27(21(28)15-32-5)23(24(31)26-25(2,3)4)19-9-8-18-14-20(33-16-22(29)30)11-10-17(18)13-19/h8-11,13-14,23H,6-7,12,15-16H2,1-5H3,(H,26,31)(H,29,30). The van der Waals surface area contributed by atoms with Crippen molar-refractivity contribution < 1.29 is 29.0 Å². The molecule has 180 valence electrons. The minimum atomic E-state index is -1.05. The van der Waals surface area contributed by atoms with Crippen LogP contribution in [0.3, 0.4) is 0 Å². The van der Waals surface area contributed by atoms with Gasteiger partial charge in [-0.15, -0.1) is 0 Å². The van der Waals surface area contributed by atoms with Crippen molar-refractivity contribution in [3.05, 3.63) is 42.0 Å². The predicted molar refractivity (Wildman–Crippen MR) is 126 cm³/mol. The summed E-state index contributed by atoms with van der Waals surface area (Å²) in [6.07, 6.45) is 1.63. The molecule has 2 amide bonds. The minimum Gasteiger partial charge on any atom is -0.482 e. The number of hydrogen-bond donors (Lipinski definition) is 2. The van der Waals surface area contributed by atoms with E-state index in [1.807, 2.05) is 52.0 Å². The third-order valence-electron chi connectivity index (χ3n) is 4.91. The third-order valence-corrected chi connectivity index (χ3v) is 4.91. The summed E-state index contributed by atoms with van der Waals surface area (Å²) in [6, 6.07) is 9.96. The number of methoxy groups -OCH3 is 1. The van der Waals surface area contributed by atoms with E-state index >= 15 is 0 Å². The second kappa shape index (κ2) is 11.7. The van der Waals surface area contributed by atoms with E-state index in [1.165, 1.54) is 7.11 Å². The van der Waals surface area contributed by atoms with Gasteiger partial charge in [0, 0.05) is 19.2 Å². The van der Waals surface area contributed by atoms with Gasteiger partial charge in [0.2, 0.25) is 11.8 Å². The van der Waals surface area contributed by atoms with Crippen LogP contribution < -0.4 is 10.1 Å². The number of carboxylic acids is 1. The molecular weight excluding hydrogens is 424 g/mol. The van der Waals surface area contributed by atoms with Crippen LogP contribution in [-0.2, 0) is 19.1 Å². The fraction of sp³-hybridized carbons (Fsp3) is 0.480. The Balaban J connectivity index is 2.49. The van der Waals surface area contributed by atoms with E-state index in [0.29, 0.717) is 17.9 Å². The number of carbonyl (C=O) groups excluding carboxylic acids is 2. The van der Waals surface area contributed by atoms with Crippen molar-refractivity contribution in [1.82, 2.24) is 10.2 Å². The Hall–Kier alpha value is -3.13. The maximum Gasteiger partial charge on any atom is 0.341 e. The molecule has 0 aliphatic carbocycles. The lowest BCUT2D eigenvalue weighted by molar-refractivity contribution is -0.144. The zero-order valence-electron chi connectivity index (χ0n) is 20.0. The molecule has 2 rings (SSSR count). The molecule has 0 aliphatic heterocycles. The Bertz CT molecular complexity index is 983. The lowest BCUT2D eigenvalue weighted by Crippen LogP contribution is -2.50. The molecule has 1 atom stereocenters. The van der Waals surface area contributed by atoms with Crippen LogP contribution >= 0.6 is 0 Å². The van der Waals surface area contributed by atoms with Crippen LogP contribution in [-0.4, -0.2) is 60.2 Å². The van der Waals surface area contributed by atoms with Crippen LogP contribution in [0.25, 0.3) is 10.8 Å². The molecule has 0 spiro atoms. The first-order valence-electron chi connectivity index (χ1n) is 11.0. The van der Waals surface area contributed by atoms with Crippen molar-refractivity contribution >= 4 is 28.6 Å². The number of carbonyl (C=O) groups is 3. The average molecular weight is 459 g/mol. The number of amides is 2. The number of nitrogens with one attached hydrogen (secondary N) is 1. The fourth-order valence-corrected chi connectivity index (χ4v) is 3.49. The van der Waals surface area contributed by atoms with Gasteiger partial charge in [-0.05, 0) is 61.7 Å².